The Morgan fingerprint density at radius 3 is 2.31 bits per heavy atom. The van der Waals surface area contributed by atoms with Gasteiger partial charge in [0.05, 0.1) is 5.56 Å². The Balaban J connectivity index is 1.75. The van der Waals surface area contributed by atoms with E-state index in [1.165, 1.54) is 26.0 Å². The van der Waals surface area contributed by atoms with E-state index in [4.69, 9.17) is 16.3 Å². The van der Waals surface area contributed by atoms with Gasteiger partial charge in [0.1, 0.15) is 5.82 Å². The quantitative estimate of drug-likeness (QED) is 0.342. The molecule has 0 saturated carbocycles. The van der Waals surface area contributed by atoms with Crippen molar-refractivity contribution in [1.82, 2.24) is 10.3 Å². The van der Waals surface area contributed by atoms with Crippen molar-refractivity contribution in [2.75, 3.05) is 6.54 Å². The van der Waals surface area contributed by atoms with E-state index in [1.54, 1.807) is 24.3 Å². The lowest BCUT2D eigenvalue weighted by atomic mass is 9.82. The molecule has 3 aromatic rings. The number of nitrogens with one attached hydrogen (secondary N) is 1. The highest BCUT2D eigenvalue weighted by Gasteiger charge is 2.34. The number of amides is 1. The molecule has 0 bridgehead atoms. The molecule has 2 aromatic carbocycles. The van der Waals surface area contributed by atoms with Gasteiger partial charge in [-0.15, -0.1) is 0 Å². The predicted molar refractivity (Wildman–Crippen MR) is 126 cm³/mol. The minimum Gasteiger partial charge on any atom is -0.462 e. The highest BCUT2D eigenvalue weighted by Crippen LogP contribution is 2.34. The third kappa shape index (κ3) is 6.94. The maximum atomic E-state index is 14.0. The topological polar surface area (TPSA) is 51.2 Å². The van der Waals surface area contributed by atoms with Crippen LogP contribution in [0.15, 0.2) is 66.9 Å². The number of aromatic nitrogens is 1. The second kappa shape index (κ2) is 10.6. The van der Waals surface area contributed by atoms with Crippen molar-refractivity contribution >= 4 is 17.5 Å². The first-order chi connectivity index (χ1) is 16.4. The van der Waals surface area contributed by atoms with Gasteiger partial charge in [-0.1, -0.05) is 42.8 Å². The van der Waals surface area contributed by atoms with Gasteiger partial charge in [0.2, 0.25) is 5.88 Å². The first-order valence-electron chi connectivity index (χ1n) is 10.9. The average Bonchev–Trinajstić information content (AvgIpc) is 2.79. The van der Waals surface area contributed by atoms with E-state index in [2.05, 4.69) is 10.3 Å². The number of ether oxygens (including phenoxy) is 1. The molecule has 0 aliphatic heterocycles. The molecule has 0 aliphatic rings. The molecular weight excluding hydrogens is 484 g/mol. The second-order valence-corrected chi connectivity index (χ2v) is 9.14. The van der Waals surface area contributed by atoms with Gasteiger partial charge in [-0.25, -0.2) is 9.37 Å². The zero-order valence-electron chi connectivity index (χ0n) is 19.4. The summed E-state index contributed by atoms with van der Waals surface area (Å²) in [5, 5.41) is 3.43. The Morgan fingerprint density at radius 1 is 1.06 bits per heavy atom. The van der Waals surface area contributed by atoms with Gasteiger partial charge in [0, 0.05) is 29.7 Å². The molecule has 1 amide bonds. The highest BCUT2D eigenvalue weighted by atomic mass is 35.5. The van der Waals surface area contributed by atoms with Crippen molar-refractivity contribution in [2.45, 2.75) is 44.4 Å². The molecular formula is C26H25ClF4N2O2. The van der Waals surface area contributed by atoms with Crippen LogP contribution in [0.5, 0.6) is 5.88 Å². The highest BCUT2D eigenvalue weighted by molar-refractivity contribution is 6.30. The van der Waals surface area contributed by atoms with Crippen molar-refractivity contribution in [3.63, 3.8) is 0 Å². The van der Waals surface area contributed by atoms with Crippen LogP contribution in [0.25, 0.3) is 0 Å². The summed E-state index contributed by atoms with van der Waals surface area (Å²) in [4.78, 5) is 16.6. The lowest BCUT2D eigenvalue weighted by Gasteiger charge is -2.29. The van der Waals surface area contributed by atoms with Crippen LogP contribution in [0, 0.1) is 5.82 Å². The molecule has 2 unspecified atom stereocenters. The fourth-order valence-corrected chi connectivity index (χ4v) is 3.78. The van der Waals surface area contributed by atoms with Crippen LogP contribution in [-0.4, -0.2) is 23.0 Å². The van der Waals surface area contributed by atoms with E-state index < -0.39 is 23.2 Å². The molecule has 0 radical (unpaired) electrons. The minimum absolute atomic E-state index is 0.102. The first kappa shape index (κ1) is 26.5. The van der Waals surface area contributed by atoms with E-state index >= 15 is 0 Å². The van der Waals surface area contributed by atoms with Crippen molar-refractivity contribution in [3.05, 3.63) is 94.4 Å². The van der Waals surface area contributed by atoms with Gasteiger partial charge in [-0.2, -0.15) is 13.2 Å². The first-order valence-corrected chi connectivity index (χ1v) is 11.3. The number of rotatable bonds is 8. The van der Waals surface area contributed by atoms with E-state index in [1.807, 2.05) is 19.1 Å². The SMILES string of the molecule is CC(c1ccc(Cl)cc1)C(CNC(=O)C(C)(C)Oc1ccc(C(F)(F)F)cn1)c1cccc(F)c1. The molecule has 186 valence electrons. The molecule has 1 aromatic heterocycles. The standard InChI is InChI=1S/C26H25ClF4N2O2/c1-16(17-7-10-20(27)11-8-17)22(18-5-4-6-21(28)13-18)15-33-24(34)25(2,3)35-23-12-9-19(14-32-23)26(29,30)31/h4-14,16,22H,15H2,1-3H3,(H,33,34). The number of nitrogens with zero attached hydrogens (tertiary/aromatic N) is 1. The smallest absolute Gasteiger partial charge is 0.417 e. The molecule has 0 saturated heterocycles. The minimum atomic E-state index is -4.52. The van der Waals surface area contributed by atoms with Gasteiger partial charge < -0.3 is 10.1 Å². The average molecular weight is 509 g/mol. The lowest BCUT2D eigenvalue weighted by molar-refractivity contribution is -0.138. The summed E-state index contributed by atoms with van der Waals surface area (Å²) in [7, 11) is 0. The van der Waals surface area contributed by atoms with Crippen LogP contribution >= 0.6 is 11.6 Å². The second-order valence-electron chi connectivity index (χ2n) is 8.71. The van der Waals surface area contributed by atoms with Crippen LogP contribution in [0.3, 0.4) is 0 Å². The van der Waals surface area contributed by atoms with Crippen molar-refractivity contribution in [3.8, 4) is 5.88 Å². The van der Waals surface area contributed by atoms with Crippen LogP contribution in [0.1, 0.15) is 49.3 Å². The molecule has 4 nitrogen and oxygen atoms in total. The van der Waals surface area contributed by atoms with Gasteiger partial charge in [0.15, 0.2) is 5.60 Å². The third-order valence-corrected chi connectivity index (χ3v) is 5.98. The van der Waals surface area contributed by atoms with Crippen LogP contribution in [0.2, 0.25) is 5.02 Å². The number of carbonyl (C=O) groups excluding carboxylic acids is 1. The normalized spacial score (nSPS) is 13.7. The van der Waals surface area contributed by atoms with Crippen LogP contribution in [0.4, 0.5) is 17.6 Å². The molecule has 1 heterocycles. The van der Waals surface area contributed by atoms with Gasteiger partial charge in [0.25, 0.3) is 5.91 Å². The van der Waals surface area contributed by atoms with Crippen LogP contribution < -0.4 is 10.1 Å². The fraction of sp³-hybridized carbons (Fsp3) is 0.308. The van der Waals surface area contributed by atoms with Crippen molar-refractivity contribution in [2.24, 2.45) is 0 Å². The monoisotopic (exact) mass is 508 g/mol. The maximum Gasteiger partial charge on any atom is 0.417 e. The molecule has 3 rings (SSSR count). The number of halogens is 5. The molecule has 0 spiro atoms. The molecule has 2 atom stereocenters. The van der Waals surface area contributed by atoms with Crippen molar-refractivity contribution < 1.29 is 27.1 Å². The molecule has 1 N–H and O–H groups in total. The third-order valence-electron chi connectivity index (χ3n) is 5.73. The summed E-state index contributed by atoms with van der Waals surface area (Å²) in [6.45, 7) is 5.11. The lowest BCUT2D eigenvalue weighted by Crippen LogP contribution is -2.48. The number of alkyl halides is 3. The van der Waals surface area contributed by atoms with Gasteiger partial charge in [-0.3, -0.25) is 4.79 Å². The fourth-order valence-electron chi connectivity index (χ4n) is 3.65. The Bertz CT molecular complexity index is 1150. The van der Waals surface area contributed by atoms with E-state index in [0.29, 0.717) is 16.8 Å². The zero-order valence-corrected chi connectivity index (χ0v) is 20.1. The van der Waals surface area contributed by atoms with Gasteiger partial charge >= 0.3 is 6.18 Å². The zero-order chi connectivity index (χ0) is 25.8. The summed E-state index contributed by atoms with van der Waals surface area (Å²) in [6.07, 6.45) is -3.87. The number of hydrogen-bond acceptors (Lipinski definition) is 3. The van der Waals surface area contributed by atoms with Gasteiger partial charge in [-0.05, 0) is 61.2 Å². The summed E-state index contributed by atoms with van der Waals surface area (Å²) >= 11 is 6.00. The molecule has 35 heavy (non-hydrogen) atoms. The molecule has 0 aliphatic carbocycles. The Hall–Kier alpha value is -3.13. The largest absolute Gasteiger partial charge is 0.462 e. The number of pyridine rings is 1. The van der Waals surface area contributed by atoms with Crippen LogP contribution in [-0.2, 0) is 11.0 Å². The Labute approximate surface area is 206 Å². The number of benzene rings is 2. The molecule has 0 fully saturated rings. The Morgan fingerprint density at radius 2 is 1.74 bits per heavy atom. The summed E-state index contributed by atoms with van der Waals surface area (Å²) < 4.78 is 57.8. The number of hydrogen-bond donors (Lipinski definition) is 1. The summed E-state index contributed by atoms with van der Waals surface area (Å²) in [5.41, 5.74) is -0.678. The van der Waals surface area contributed by atoms with E-state index in [0.717, 1.165) is 17.7 Å². The predicted octanol–water partition coefficient (Wildman–Crippen LogP) is 6.75. The summed E-state index contributed by atoms with van der Waals surface area (Å²) in [6, 6.07) is 15.4. The Kier molecular flexibility index (Phi) is 8.05. The number of carbonyl (C=O) groups is 1. The van der Waals surface area contributed by atoms with Crippen molar-refractivity contribution in [1.29, 1.82) is 0 Å². The summed E-state index contributed by atoms with van der Waals surface area (Å²) in [5.74, 6) is -1.39. The molecule has 9 heteroatoms. The van der Waals surface area contributed by atoms with E-state index in [-0.39, 0.29) is 30.1 Å². The van der Waals surface area contributed by atoms with E-state index in [9.17, 15) is 22.4 Å². The maximum absolute atomic E-state index is 14.0.